The number of nitrogens with one attached hydrogen (secondary N) is 1. The predicted octanol–water partition coefficient (Wildman–Crippen LogP) is 2.89. The molecule has 110 valence electrons. The van der Waals surface area contributed by atoms with Crippen LogP contribution in [0.15, 0.2) is 18.3 Å². The van der Waals surface area contributed by atoms with E-state index in [0.717, 1.165) is 6.54 Å². The van der Waals surface area contributed by atoms with Crippen molar-refractivity contribution in [2.24, 2.45) is 0 Å². The molecule has 2 fully saturated rings. The van der Waals surface area contributed by atoms with E-state index >= 15 is 0 Å². The van der Waals surface area contributed by atoms with Crippen molar-refractivity contribution in [3.63, 3.8) is 0 Å². The molecule has 1 aromatic rings. The van der Waals surface area contributed by atoms with Crippen molar-refractivity contribution < 1.29 is 0 Å². The molecule has 20 heavy (non-hydrogen) atoms. The highest BCUT2D eigenvalue weighted by molar-refractivity contribution is 5.17. The largest absolute Gasteiger partial charge is 0.310 e. The second kappa shape index (κ2) is 6.23. The lowest BCUT2D eigenvalue weighted by Gasteiger charge is -2.40. The van der Waals surface area contributed by atoms with Crippen molar-refractivity contribution in [3.8, 4) is 0 Å². The van der Waals surface area contributed by atoms with E-state index in [2.05, 4.69) is 28.2 Å². The van der Waals surface area contributed by atoms with Crippen LogP contribution in [0, 0.1) is 6.92 Å². The minimum absolute atomic E-state index is 0.386. The zero-order valence-corrected chi connectivity index (χ0v) is 12.7. The maximum absolute atomic E-state index is 4.57. The van der Waals surface area contributed by atoms with Crippen molar-refractivity contribution in [3.05, 3.63) is 29.6 Å². The second-order valence-electron chi connectivity index (χ2n) is 6.60. The summed E-state index contributed by atoms with van der Waals surface area (Å²) in [6.07, 6.45) is 10.1. The van der Waals surface area contributed by atoms with Gasteiger partial charge < -0.3 is 5.32 Å². The molecule has 0 radical (unpaired) electrons. The van der Waals surface area contributed by atoms with Crippen molar-refractivity contribution in [2.45, 2.75) is 57.5 Å². The van der Waals surface area contributed by atoms with Gasteiger partial charge in [-0.05, 0) is 50.9 Å². The molecule has 1 aliphatic heterocycles. The summed E-state index contributed by atoms with van der Waals surface area (Å²) in [6.45, 7) is 6.76. The SMILES string of the molecule is Cc1cccnc1CN1CCCNC2(CCCCC2)C1. The smallest absolute Gasteiger partial charge is 0.0573 e. The summed E-state index contributed by atoms with van der Waals surface area (Å²) >= 11 is 0. The van der Waals surface area contributed by atoms with Crippen LogP contribution >= 0.6 is 0 Å². The summed E-state index contributed by atoms with van der Waals surface area (Å²) in [7, 11) is 0. The molecule has 0 aromatic carbocycles. The molecule has 2 aliphatic rings. The van der Waals surface area contributed by atoms with Crippen LogP contribution in [0.3, 0.4) is 0 Å². The summed E-state index contributed by atoms with van der Waals surface area (Å²) in [6, 6.07) is 4.21. The van der Waals surface area contributed by atoms with Crippen molar-refractivity contribution in [2.75, 3.05) is 19.6 Å². The lowest BCUT2D eigenvalue weighted by molar-refractivity contribution is 0.158. The number of aryl methyl sites for hydroxylation is 1. The number of hydrogen-bond donors (Lipinski definition) is 1. The Balaban J connectivity index is 1.70. The van der Waals surface area contributed by atoms with Gasteiger partial charge in [-0.25, -0.2) is 0 Å². The van der Waals surface area contributed by atoms with Crippen LogP contribution < -0.4 is 5.32 Å². The van der Waals surface area contributed by atoms with Crippen LogP contribution in [0.2, 0.25) is 0 Å². The fraction of sp³-hybridized carbons (Fsp3) is 0.706. The van der Waals surface area contributed by atoms with Gasteiger partial charge in [0.25, 0.3) is 0 Å². The summed E-state index contributed by atoms with van der Waals surface area (Å²) in [5, 5.41) is 3.87. The third-order valence-corrected chi connectivity index (χ3v) is 4.98. The van der Waals surface area contributed by atoms with Crippen LogP contribution in [0.1, 0.15) is 49.8 Å². The fourth-order valence-electron chi connectivity index (χ4n) is 3.81. The zero-order valence-electron chi connectivity index (χ0n) is 12.7. The lowest BCUT2D eigenvalue weighted by atomic mass is 9.81. The molecule has 0 atom stereocenters. The quantitative estimate of drug-likeness (QED) is 0.898. The fourth-order valence-corrected chi connectivity index (χ4v) is 3.81. The first-order chi connectivity index (χ1) is 9.77. The van der Waals surface area contributed by atoms with Gasteiger partial charge >= 0.3 is 0 Å². The highest BCUT2D eigenvalue weighted by Crippen LogP contribution is 2.30. The Morgan fingerprint density at radius 3 is 2.90 bits per heavy atom. The van der Waals surface area contributed by atoms with E-state index in [1.54, 1.807) is 0 Å². The molecule has 1 spiro atoms. The van der Waals surface area contributed by atoms with E-state index in [4.69, 9.17) is 0 Å². The normalized spacial score (nSPS) is 23.6. The number of rotatable bonds is 2. The number of nitrogens with zero attached hydrogens (tertiary/aromatic N) is 2. The van der Waals surface area contributed by atoms with Gasteiger partial charge in [0.05, 0.1) is 5.69 Å². The van der Waals surface area contributed by atoms with Crippen molar-refractivity contribution in [1.82, 2.24) is 15.2 Å². The molecule has 2 heterocycles. The summed E-state index contributed by atoms with van der Waals surface area (Å²) < 4.78 is 0. The van der Waals surface area contributed by atoms with Crippen molar-refractivity contribution in [1.29, 1.82) is 0 Å². The van der Waals surface area contributed by atoms with Crippen molar-refractivity contribution >= 4 is 0 Å². The topological polar surface area (TPSA) is 28.2 Å². The highest BCUT2D eigenvalue weighted by atomic mass is 15.2. The Hall–Kier alpha value is -0.930. The van der Waals surface area contributed by atoms with Gasteiger partial charge in [-0.3, -0.25) is 9.88 Å². The van der Waals surface area contributed by atoms with Crippen LogP contribution in [0.4, 0.5) is 0 Å². The molecular weight excluding hydrogens is 246 g/mol. The first-order valence-corrected chi connectivity index (χ1v) is 8.15. The van der Waals surface area contributed by atoms with Crippen LogP contribution in [-0.2, 0) is 6.54 Å². The van der Waals surface area contributed by atoms with Gasteiger partial charge in [0.2, 0.25) is 0 Å². The molecule has 3 rings (SSSR count). The molecule has 3 heteroatoms. The summed E-state index contributed by atoms with van der Waals surface area (Å²) in [4.78, 5) is 7.20. The Morgan fingerprint density at radius 1 is 1.25 bits per heavy atom. The minimum atomic E-state index is 0.386. The summed E-state index contributed by atoms with van der Waals surface area (Å²) in [5.41, 5.74) is 2.96. The molecule has 0 unspecified atom stereocenters. The predicted molar refractivity (Wildman–Crippen MR) is 82.7 cm³/mol. The molecule has 1 aromatic heterocycles. The second-order valence-corrected chi connectivity index (χ2v) is 6.60. The Bertz CT molecular complexity index is 438. The molecule has 3 nitrogen and oxygen atoms in total. The van der Waals surface area contributed by atoms with Gasteiger partial charge in [-0.1, -0.05) is 25.3 Å². The lowest BCUT2D eigenvalue weighted by Crippen LogP contribution is -2.52. The third kappa shape index (κ3) is 3.21. The Labute approximate surface area is 122 Å². The molecule has 0 amide bonds. The van der Waals surface area contributed by atoms with E-state index in [1.165, 1.54) is 69.4 Å². The maximum Gasteiger partial charge on any atom is 0.0573 e. The van der Waals surface area contributed by atoms with E-state index in [9.17, 15) is 0 Å². The van der Waals surface area contributed by atoms with E-state index in [-0.39, 0.29) is 0 Å². The summed E-state index contributed by atoms with van der Waals surface area (Å²) in [5.74, 6) is 0. The van der Waals surface area contributed by atoms with E-state index < -0.39 is 0 Å². The minimum Gasteiger partial charge on any atom is -0.310 e. The number of hydrogen-bond acceptors (Lipinski definition) is 3. The molecule has 1 N–H and O–H groups in total. The van der Waals surface area contributed by atoms with Gasteiger partial charge in [-0.2, -0.15) is 0 Å². The van der Waals surface area contributed by atoms with Gasteiger partial charge in [-0.15, -0.1) is 0 Å². The highest BCUT2D eigenvalue weighted by Gasteiger charge is 2.34. The molecule has 1 aliphatic carbocycles. The average Bonchev–Trinajstić information content (AvgIpc) is 2.65. The van der Waals surface area contributed by atoms with Gasteiger partial charge in [0.15, 0.2) is 0 Å². The van der Waals surface area contributed by atoms with E-state index in [1.807, 2.05) is 12.3 Å². The number of pyridine rings is 1. The first-order valence-electron chi connectivity index (χ1n) is 8.15. The Morgan fingerprint density at radius 2 is 2.10 bits per heavy atom. The average molecular weight is 273 g/mol. The monoisotopic (exact) mass is 273 g/mol. The molecule has 1 saturated heterocycles. The molecular formula is C17H27N3. The number of aromatic nitrogens is 1. The maximum atomic E-state index is 4.57. The van der Waals surface area contributed by atoms with Gasteiger partial charge in [0, 0.05) is 24.8 Å². The van der Waals surface area contributed by atoms with Crippen LogP contribution in [0.5, 0.6) is 0 Å². The molecule has 1 saturated carbocycles. The standard InChI is InChI=1S/C17H27N3/c1-15-7-5-10-18-16(15)13-20-12-6-11-19-17(14-20)8-3-2-4-9-17/h5,7,10,19H,2-4,6,8-9,11-14H2,1H3. The first kappa shape index (κ1) is 14.0. The van der Waals surface area contributed by atoms with Gasteiger partial charge in [0.1, 0.15) is 0 Å². The zero-order chi connectivity index (χ0) is 13.8. The Kier molecular flexibility index (Phi) is 4.37. The van der Waals surface area contributed by atoms with Crippen LogP contribution in [0.25, 0.3) is 0 Å². The third-order valence-electron chi connectivity index (χ3n) is 4.98. The van der Waals surface area contributed by atoms with Crippen LogP contribution in [-0.4, -0.2) is 35.1 Å². The van der Waals surface area contributed by atoms with E-state index in [0.29, 0.717) is 5.54 Å². The molecule has 0 bridgehead atoms.